The second-order valence-electron chi connectivity index (χ2n) is 12.3. The summed E-state index contributed by atoms with van der Waals surface area (Å²) in [6.45, 7) is 0. The molecule has 0 radical (unpaired) electrons. The Morgan fingerprint density at radius 2 is 1.06 bits per heavy atom. The van der Waals surface area contributed by atoms with E-state index in [0.29, 0.717) is 16.7 Å². The van der Waals surface area contributed by atoms with Crippen molar-refractivity contribution in [3.05, 3.63) is 168 Å². The number of hydrogen-bond donors (Lipinski definition) is 0. The molecule has 0 spiro atoms. The maximum atomic E-state index is 10.5. The van der Waals surface area contributed by atoms with Crippen LogP contribution in [0.25, 0.3) is 77.2 Å². The molecule has 5 heteroatoms. The Morgan fingerprint density at radius 1 is 0.400 bits per heavy atom. The summed E-state index contributed by atoms with van der Waals surface area (Å²) in [6.07, 6.45) is 0. The Kier molecular flexibility index (Phi) is 6.56. The predicted molar refractivity (Wildman–Crippen MR) is 200 cm³/mol. The van der Waals surface area contributed by atoms with Crippen LogP contribution in [0.15, 0.2) is 152 Å². The molecule has 0 bridgehead atoms. The summed E-state index contributed by atoms with van der Waals surface area (Å²) < 4.78 is 4.43. The maximum Gasteiger partial charge on any atom is 0.0998 e. The van der Waals surface area contributed by atoms with Gasteiger partial charge in [-0.3, -0.25) is 0 Å². The fourth-order valence-corrected chi connectivity index (χ4v) is 7.47. The van der Waals surface area contributed by atoms with Gasteiger partial charge in [-0.05, 0) is 77.9 Å². The molecule has 230 valence electrons. The van der Waals surface area contributed by atoms with E-state index in [1.165, 1.54) is 10.8 Å². The lowest BCUT2D eigenvalue weighted by atomic mass is 9.94. The summed E-state index contributed by atoms with van der Waals surface area (Å²) in [4.78, 5) is 0. The van der Waals surface area contributed by atoms with Gasteiger partial charge in [0, 0.05) is 38.4 Å². The number of rotatable bonds is 4. The van der Waals surface area contributed by atoms with E-state index in [2.05, 4.69) is 106 Å². The second-order valence-corrected chi connectivity index (χ2v) is 12.3. The normalized spacial score (nSPS) is 11.1. The zero-order chi connectivity index (χ0) is 33.8. The zero-order valence-corrected chi connectivity index (χ0v) is 26.7. The molecule has 0 unspecified atom stereocenters. The highest BCUT2D eigenvalue weighted by Gasteiger charge is 2.19. The van der Waals surface area contributed by atoms with Gasteiger partial charge < -0.3 is 9.13 Å². The van der Waals surface area contributed by atoms with Crippen LogP contribution in [0.3, 0.4) is 0 Å². The second kappa shape index (κ2) is 11.4. The molecule has 2 aromatic heterocycles. The van der Waals surface area contributed by atoms with Crippen molar-refractivity contribution < 1.29 is 0 Å². The number of benzene rings is 7. The lowest BCUT2D eigenvalue weighted by Crippen LogP contribution is -1.98. The first-order valence-electron chi connectivity index (χ1n) is 16.3. The molecule has 9 rings (SSSR count). The van der Waals surface area contributed by atoms with Crippen LogP contribution in [0.1, 0.15) is 16.7 Å². The first-order valence-corrected chi connectivity index (χ1v) is 16.3. The Hall–Kier alpha value is -7.39. The van der Waals surface area contributed by atoms with E-state index in [1.54, 1.807) is 0 Å². The molecule has 0 aliphatic carbocycles. The molecule has 2 heterocycles. The summed E-state index contributed by atoms with van der Waals surface area (Å²) in [5.74, 6) is 0. The Balaban J connectivity index is 1.19. The third kappa shape index (κ3) is 4.31. The Morgan fingerprint density at radius 3 is 1.82 bits per heavy atom. The minimum absolute atomic E-state index is 0.543. The van der Waals surface area contributed by atoms with Gasteiger partial charge in [0.2, 0.25) is 0 Å². The van der Waals surface area contributed by atoms with Crippen LogP contribution in [0.4, 0.5) is 0 Å². The van der Waals surface area contributed by atoms with Crippen molar-refractivity contribution in [1.82, 2.24) is 9.13 Å². The first kappa shape index (κ1) is 28.8. The third-order valence-corrected chi connectivity index (χ3v) is 9.63. The summed E-state index contributed by atoms with van der Waals surface area (Å²) in [5.41, 5.74) is 11.4. The summed E-state index contributed by atoms with van der Waals surface area (Å²) >= 11 is 0. The Bertz CT molecular complexity index is 2920. The first-order chi connectivity index (χ1) is 24.7. The van der Waals surface area contributed by atoms with Gasteiger partial charge >= 0.3 is 0 Å². The molecule has 0 aliphatic heterocycles. The predicted octanol–water partition coefficient (Wildman–Crippen LogP) is 10.8. The van der Waals surface area contributed by atoms with Crippen molar-refractivity contribution in [3.8, 4) is 51.8 Å². The van der Waals surface area contributed by atoms with E-state index in [-0.39, 0.29) is 0 Å². The van der Waals surface area contributed by atoms with E-state index in [9.17, 15) is 15.8 Å². The number of aromatic nitrogens is 2. The highest BCUT2D eigenvalue weighted by molar-refractivity contribution is 6.12. The van der Waals surface area contributed by atoms with Gasteiger partial charge in [-0.25, -0.2) is 0 Å². The zero-order valence-electron chi connectivity index (χ0n) is 26.7. The SMILES string of the molecule is N#Cc1ccc2c(c1)c1c(C#N)cccc1n2-c1cccc(-c2ccc(-c3ccccc3-n3c4ccccc4c4ccccc43)c(C#N)c2)c1. The largest absolute Gasteiger partial charge is 0.309 e. The van der Waals surface area contributed by atoms with Crippen LogP contribution in [0.5, 0.6) is 0 Å². The van der Waals surface area contributed by atoms with Crippen molar-refractivity contribution in [2.24, 2.45) is 0 Å². The fraction of sp³-hybridized carbons (Fsp3) is 0. The minimum Gasteiger partial charge on any atom is -0.309 e. The minimum atomic E-state index is 0.543. The number of nitriles is 3. The molecule has 0 aliphatic rings. The molecule has 0 amide bonds. The van der Waals surface area contributed by atoms with Gasteiger partial charge in [0.1, 0.15) is 0 Å². The molecule has 5 nitrogen and oxygen atoms in total. The van der Waals surface area contributed by atoms with Crippen LogP contribution < -0.4 is 0 Å². The molecular formula is C45H25N5. The third-order valence-electron chi connectivity index (χ3n) is 9.63. The molecule has 0 atom stereocenters. The smallest absolute Gasteiger partial charge is 0.0998 e. The molecule has 9 aromatic rings. The lowest BCUT2D eigenvalue weighted by Gasteiger charge is -2.16. The van der Waals surface area contributed by atoms with Gasteiger partial charge in [-0.1, -0.05) is 84.9 Å². The van der Waals surface area contributed by atoms with E-state index in [0.717, 1.165) is 66.5 Å². The quantitative estimate of drug-likeness (QED) is 0.193. The Labute approximate surface area is 287 Å². The van der Waals surface area contributed by atoms with E-state index in [4.69, 9.17) is 0 Å². The van der Waals surface area contributed by atoms with Crippen molar-refractivity contribution >= 4 is 43.6 Å². The number of hydrogen-bond acceptors (Lipinski definition) is 3. The molecule has 0 saturated carbocycles. The molecule has 0 saturated heterocycles. The topological polar surface area (TPSA) is 81.2 Å². The average Bonchev–Trinajstić information content (AvgIpc) is 3.70. The molecule has 50 heavy (non-hydrogen) atoms. The van der Waals surface area contributed by atoms with Gasteiger partial charge in [0.05, 0.1) is 62.7 Å². The van der Waals surface area contributed by atoms with Crippen molar-refractivity contribution in [2.45, 2.75) is 0 Å². The standard InChI is InChI=1S/C45H25N5/c46-26-29-19-22-43-39(23-29)45-32(27-47)10-8-18-44(45)49(43)34-11-7-9-30(25-34)31-20-21-35(33(24-31)28-48)36-12-1-4-15-40(36)50-41-16-5-2-13-37(41)38-14-3-6-17-42(38)50/h1-25H. The van der Waals surface area contributed by atoms with E-state index >= 15 is 0 Å². The van der Waals surface area contributed by atoms with E-state index in [1.807, 2.05) is 72.8 Å². The summed E-state index contributed by atoms with van der Waals surface area (Å²) in [5, 5.41) is 34.2. The van der Waals surface area contributed by atoms with Crippen LogP contribution in [-0.4, -0.2) is 9.13 Å². The van der Waals surface area contributed by atoms with Crippen LogP contribution in [0.2, 0.25) is 0 Å². The van der Waals surface area contributed by atoms with Gasteiger partial charge in [-0.15, -0.1) is 0 Å². The number of para-hydroxylation sites is 3. The maximum absolute atomic E-state index is 10.5. The van der Waals surface area contributed by atoms with Crippen molar-refractivity contribution in [1.29, 1.82) is 15.8 Å². The van der Waals surface area contributed by atoms with Crippen LogP contribution in [-0.2, 0) is 0 Å². The number of nitrogens with zero attached hydrogens (tertiary/aromatic N) is 5. The van der Waals surface area contributed by atoms with Crippen LogP contribution >= 0.6 is 0 Å². The van der Waals surface area contributed by atoms with Crippen molar-refractivity contribution in [2.75, 3.05) is 0 Å². The molecular weight excluding hydrogens is 611 g/mol. The highest BCUT2D eigenvalue weighted by Crippen LogP contribution is 2.39. The molecule has 0 N–H and O–H groups in total. The van der Waals surface area contributed by atoms with Crippen LogP contribution in [0, 0.1) is 34.0 Å². The number of fused-ring (bicyclic) bond motifs is 6. The van der Waals surface area contributed by atoms with Gasteiger partial charge in [0.15, 0.2) is 0 Å². The summed E-state index contributed by atoms with van der Waals surface area (Å²) in [7, 11) is 0. The van der Waals surface area contributed by atoms with E-state index < -0.39 is 0 Å². The lowest BCUT2D eigenvalue weighted by molar-refractivity contribution is 1.18. The molecule has 7 aromatic carbocycles. The monoisotopic (exact) mass is 635 g/mol. The van der Waals surface area contributed by atoms with Crippen molar-refractivity contribution in [3.63, 3.8) is 0 Å². The fourth-order valence-electron chi connectivity index (χ4n) is 7.47. The summed E-state index contributed by atoms with van der Waals surface area (Å²) in [6, 6.07) is 57.9. The van der Waals surface area contributed by atoms with Gasteiger partial charge in [-0.2, -0.15) is 15.8 Å². The molecule has 0 fully saturated rings. The average molecular weight is 636 g/mol. The highest BCUT2D eigenvalue weighted by atomic mass is 15.0. The van der Waals surface area contributed by atoms with Gasteiger partial charge in [0.25, 0.3) is 0 Å².